The Bertz CT molecular complexity index is 738. The minimum Gasteiger partial charge on any atom is -0.271 e. The molecule has 0 amide bonds. The molecule has 0 fully saturated rings. The number of hydrogen-bond acceptors (Lipinski definition) is 4. The van der Waals surface area contributed by atoms with Crippen LogP contribution >= 0.6 is 38.6 Å². The Balaban J connectivity index is 1.90. The van der Waals surface area contributed by atoms with Crippen LogP contribution in [-0.4, -0.2) is 0 Å². The van der Waals surface area contributed by atoms with E-state index in [1.54, 1.807) is 34.8 Å². The van der Waals surface area contributed by atoms with E-state index < -0.39 is 0 Å². The van der Waals surface area contributed by atoms with E-state index in [2.05, 4.69) is 33.5 Å². The molecular formula is C14H12BrFN2S2. The first-order valence-corrected chi connectivity index (χ1v) is 8.47. The van der Waals surface area contributed by atoms with E-state index in [-0.39, 0.29) is 11.9 Å². The van der Waals surface area contributed by atoms with Crippen LogP contribution in [0.3, 0.4) is 0 Å². The van der Waals surface area contributed by atoms with Crippen LogP contribution in [0.2, 0.25) is 0 Å². The Kier molecular flexibility index (Phi) is 4.18. The van der Waals surface area contributed by atoms with Crippen molar-refractivity contribution in [2.24, 2.45) is 5.84 Å². The summed E-state index contributed by atoms with van der Waals surface area (Å²) in [5.41, 5.74) is 2.86. The lowest BCUT2D eigenvalue weighted by Gasteiger charge is -2.12. The molecule has 0 saturated heterocycles. The molecule has 0 bridgehead atoms. The second-order valence-corrected chi connectivity index (χ2v) is 8.12. The molecule has 104 valence electrons. The largest absolute Gasteiger partial charge is 0.271 e. The molecule has 2 heterocycles. The number of nitrogens with one attached hydrogen (secondary N) is 1. The number of halogens is 2. The van der Waals surface area contributed by atoms with Crippen molar-refractivity contribution in [2.75, 3.05) is 0 Å². The molecule has 1 unspecified atom stereocenters. The summed E-state index contributed by atoms with van der Waals surface area (Å²) in [7, 11) is 0. The predicted octanol–water partition coefficient (Wildman–Crippen LogP) is 4.61. The second kappa shape index (κ2) is 5.91. The molecule has 2 nitrogen and oxygen atoms in total. The quantitative estimate of drug-likeness (QED) is 0.519. The summed E-state index contributed by atoms with van der Waals surface area (Å²) >= 11 is 6.75. The molecule has 0 saturated carbocycles. The van der Waals surface area contributed by atoms with Crippen LogP contribution in [-0.2, 0) is 6.42 Å². The zero-order chi connectivity index (χ0) is 14.1. The van der Waals surface area contributed by atoms with E-state index in [1.807, 2.05) is 6.07 Å². The van der Waals surface area contributed by atoms with E-state index >= 15 is 0 Å². The zero-order valence-corrected chi connectivity index (χ0v) is 13.6. The predicted molar refractivity (Wildman–Crippen MR) is 87.6 cm³/mol. The Hall–Kier alpha value is -0.790. The lowest BCUT2D eigenvalue weighted by atomic mass is 10.1. The molecule has 0 aliphatic carbocycles. The van der Waals surface area contributed by atoms with Gasteiger partial charge in [-0.15, -0.1) is 22.7 Å². The van der Waals surface area contributed by atoms with Crippen LogP contribution in [0, 0.1) is 5.82 Å². The van der Waals surface area contributed by atoms with Gasteiger partial charge in [-0.1, -0.05) is 6.07 Å². The molecule has 0 spiro atoms. The molecular weight excluding hydrogens is 359 g/mol. The van der Waals surface area contributed by atoms with Gasteiger partial charge in [0.2, 0.25) is 0 Å². The van der Waals surface area contributed by atoms with E-state index in [4.69, 9.17) is 5.84 Å². The number of benzene rings is 1. The van der Waals surface area contributed by atoms with Crippen LogP contribution in [0.1, 0.15) is 15.8 Å². The van der Waals surface area contributed by atoms with Gasteiger partial charge in [-0.3, -0.25) is 11.3 Å². The Morgan fingerprint density at radius 1 is 1.20 bits per heavy atom. The average molecular weight is 371 g/mol. The second-order valence-electron chi connectivity index (χ2n) is 4.46. The average Bonchev–Trinajstić information content (AvgIpc) is 3.01. The van der Waals surface area contributed by atoms with E-state index in [0.717, 1.165) is 25.2 Å². The smallest absolute Gasteiger partial charge is 0.124 e. The van der Waals surface area contributed by atoms with Crippen molar-refractivity contribution >= 4 is 48.7 Å². The number of nitrogens with two attached hydrogens (primary N) is 1. The van der Waals surface area contributed by atoms with E-state index in [0.29, 0.717) is 0 Å². The van der Waals surface area contributed by atoms with Crippen molar-refractivity contribution in [1.29, 1.82) is 0 Å². The Morgan fingerprint density at radius 3 is 2.75 bits per heavy atom. The molecule has 3 N–H and O–H groups in total. The lowest BCUT2D eigenvalue weighted by Crippen LogP contribution is -2.28. The van der Waals surface area contributed by atoms with E-state index in [9.17, 15) is 4.39 Å². The number of hydrogen-bond donors (Lipinski definition) is 2. The first-order valence-electron chi connectivity index (χ1n) is 6.05. The summed E-state index contributed by atoms with van der Waals surface area (Å²) in [4.78, 5) is 2.38. The normalized spacial score (nSPS) is 12.9. The molecule has 0 radical (unpaired) electrons. The zero-order valence-electron chi connectivity index (χ0n) is 10.4. The van der Waals surface area contributed by atoms with Gasteiger partial charge in [-0.25, -0.2) is 4.39 Å². The summed E-state index contributed by atoms with van der Waals surface area (Å²) in [5.74, 6) is 5.48. The summed E-state index contributed by atoms with van der Waals surface area (Å²) in [5, 5.41) is 1.05. The van der Waals surface area contributed by atoms with Gasteiger partial charge in [0, 0.05) is 20.9 Å². The highest BCUT2D eigenvalue weighted by Gasteiger charge is 2.15. The fraction of sp³-hybridized carbons (Fsp3) is 0.143. The molecule has 1 aromatic carbocycles. The van der Waals surface area contributed by atoms with Crippen LogP contribution in [0.4, 0.5) is 4.39 Å². The number of hydrazine groups is 1. The van der Waals surface area contributed by atoms with E-state index in [1.165, 1.54) is 10.9 Å². The first-order chi connectivity index (χ1) is 9.65. The summed E-state index contributed by atoms with van der Waals surface area (Å²) in [6, 6.07) is 11.1. The minimum atomic E-state index is -0.203. The molecule has 1 atom stereocenters. The van der Waals surface area contributed by atoms with Crippen molar-refractivity contribution in [3.05, 3.63) is 55.8 Å². The third-order valence-corrected chi connectivity index (χ3v) is 5.94. The lowest BCUT2D eigenvalue weighted by molar-refractivity contribution is 0.564. The molecule has 0 aliphatic rings. The summed E-state index contributed by atoms with van der Waals surface area (Å²) < 4.78 is 15.3. The van der Waals surface area contributed by atoms with Crippen LogP contribution in [0.15, 0.2) is 40.2 Å². The third kappa shape index (κ3) is 2.94. The summed E-state index contributed by atoms with van der Waals surface area (Å²) in [6.45, 7) is 0. The van der Waals surface area contributed by atoms with Crippen molar-refractivity contribution in [1.82, 2.24) is 5.43 Å². The molecule has 2 aromatic heterocycles. The molecule has 6 heteroatoms. The van der Waals surface area contributed by atoms with Gasteiger partial charge in [0.15, 0.2) is 0 Å². The molecule has 20 heavy (non-hydrogen) atoms. The van der Waals surface area contributed by atoms with Crippen LogP contribution in [0.25, 0.3) is 10.1 Å². The van der Waals surface area contributed by atoms with Crippen LogP contribution < -0.4 is 11.3 Å². The van der Waals surface area contributed by atoms with Gasteiger partial charge in [-0.05, 0) is 51.6 Å². The topological polar surface area (TPSA) is 38.0 Å². The third-order valence-electron chi connectivity index (χ3n) is 3.08. The maximum Gasteiger partial charge on any atom is 0.124 e. The SMILES string of the molecule is NNC(Cc1ccc(Br)s1)c1cc2ccc(F)cc2s1. The molecule has 3 rings (SSSR count). The fourth-order valence-electron chi connectivity index (χ4n) is 2.10. The summed E-state index contributed by atoms with van der Waals surface area (Å²) in [6.07, 6.45) is 0.821. The standard InChI is InChI=1S/C14H12BrFN2S2/c15-14-4-3-10(19-14)7-11(18-17)13-5-8-1-2-9(16)6-12(8)20-13/h1-6,11,18H,7,17H2. The maximum absolute atomic E-state index is 13.2. The highest BCUT2D eigenvalue weighted by molar-refractivity contribution is 9.11. The maximum atomic E-state index is 13.2. The van der Waals surface area contributed by atoms with Crippen molar-refractivity contribution in [3.8, 4) is 0 Å². The molecule has 3 aromatic rings. The monoisotopic (exact) mass is 370 g/mol. The van der Waals surface area contributed by atoms with Gasteiger partial charge < -0.3 is 0 Å². The van der Waals surface area contributed by atoms with Gasteiger partial charge in [0.1, 0.15) is 5.82 Å². The minimum absolute atomic E-state index is 0.0426. The molecule has 0 aliphatic heterocycles. The highest BCUT2D eigenvalue weighted by atomic mass is 79.9. The Morgan fingerprint density at radius 2 is 2.05 bits per heavy atom. The highest BCUT2D eigenvalue weighted by Crippen LogP contribution is 2.33. The van der Waals surface area contributed by atoms with Gasteiger partial charge in [-0.2, -0.15) is 0 Å². The van der Waals surface area contributed by atoms with Gasteiger partial charge in [0.05, 0.1) is 9.83 Å². The number of rotatable bonds is 4. The van der Waals surface area contributed by atoms with Crippen LogP contribution in [0.5, 0.6) is 0 Å². The van der Waals surface area contributed by atoms with Crippen molar-refractivity contribution in [3.63, 3.8) is 0 Å². The Labute approximate surface area is 132 Å². The van der Waals surface area contributed by atoms with Crippen molar-refractivity contribution < 1.29 is 4.39 Å². The van der Waals surface area contributed by atoms with Gasteiger partial charge in [0.25, 0.3) is 0 Å². The number of thiophene rings is 2. The first kappa shape index (κ1) is 14.2. The number of fused-ring (bicyclic) bond motifs is 1. The van der Waals surface area contributed by atoms with Gasteiger partial charge >= 0.3 is 0 Å². The fourth-order valence-corrected chi connectivity index (χ4v) is 4.78. The van der Waals surface area contributed by atoms with Crippen molar-refractivity contribution in [2.45, 2.75) is 12.5 Å².